The highest BCUT2D eigenvalue weighted by molar-refractivity contribution is 5.36. The minimum absolute atomic E-state index is 0.0461. The molecule has 18 heavy (non-hydrogen) atoms. The van der Waals surface area contributed by atoms with Crippen LogP contribution in [0.3, 0.4) is 0 Å². The summed E-state index contributed by atoms with van der Waals surface area (Å²) >= 11 is 0. The van der Waals surface area contributed by atoms with Crippen molar-refractivity contribution in [1.82, 2.24) is 5.32 Å². The fraction of sp³-hybridized carbons (Fsp3) is 0.571. The van der Waals surface area contributed by atoms with Crippen molar-refractivity contribution in [2.24, 2.45) is 0 Å². The quantitative estimate of drug-likeness (QED) is 0.702. The summed E-state index contributed by atoms with van der Waals surface area (Å²) in [5, 5.41) is 12.0. The van der Waals surface area contributed by atoms with Gasteiger partial charge in [-0.25, -0.2) is 4.39 Å². The number of aliphatic hydroxyl groups excluding tert-OH is 1. The maximum Gasteiger partial charge on any atom is 0.124 e. The van der Waals surface area contributed by atoms with Gasteiger partial charge in [0.25, 0.3) is 0 Å². The maximum atomic E-state index is 13.3. The number of benzene rings is 1. The van der Waals surface area contributed by atoms with Crippen LogP contribution in [-0.2, 0) is 0 Å². The Hall–Kier alpha value is -1.13. The highest BCUT2D eigenvalue weighted by Crippen LogP contribution is 2.26. The first kappa shape index (κ1) is 14.9. The molecule has 0 saturated heterocycles. The summed E-state index contributed by atoms with van der Waals surface area (Å²) in [4.78, 5) is 0. The van der Waals surface area contributed by atoms with Gasteiger partial charge in [0.15, 0.2) is 0 Å². The molecule has 0 aromatic heterocycles. The lowest BCUT2D eigenvalue weighted by molar-refractivity contribution is 0.231. The molecule has 1 rings (SSSR count). The van der Waals surface area contributed by atoms with Crippen molar-refractivity contribution in [1.29, 1.82) is 0 Å². The first-order valence-corrected chi connectivity index (χ1v) is 6.45. The summed E-state index contributed by atoms with van der Waals surface area (Å²) in [7, 11) is 0. The van der Waals surface area contributed by atoms with Crippen LogP contribution in [0.25, 0.3) is 0 Å². The fourth-order valence-corrected chi connectivity index (χ4v) is 1.71. The summed E-state index contributed by atoms with van der Waals surface area (Å²) in [6.07, 6.45) is 1.61. The molecule has 1 aromatic rings. The molecule has 0 aliphatic heterocycles. The molecule has 0 spiro atoms. The number of hydrogen-bond acceptors (Lipinski definition) is 3. The molecule has 0 amide bonds. The third kappa shape index (κ3) is 4.63. The van der Waals surface area contributed by atoms with Crippen LogP contribution in [-0.4, -0.2) is 24.9 Å². The lowest BCUT2D eigenvalue weighted by Gasteiger charge is -2.18. The second kappa shape index (κ2) is 8.06. The van der Waals surface area contributed by atoms with Crippen LogP contribution >= 0.6 is 0 Å². The van der Waals surface area contributed by atoms with E-state index in [1.807, 2.05) is 6.92 Å². The van der Waals surface area contributed by atoms with Crippen LogP contribution in [0.15, 0.2) is 18.2 Å². The van der Waals surface area contributed by atoms with Crippen LogP contribution in [0.2, 0.25) is 0 Å². The normalized spacial score (nSPS) is 12.4. The van der Waals surface area contributed by atoms with Gasteiger partial charge in [-0.1, -0.05) is 6.92 Å². The standard InChI is InChI=1S/C14H22FNO2/c1-3-7-16-11(2)13-10-12(15)5-6-14(13)18-9-4-8-17/h5-6,10-11,16-17H,3-4,7-9H2,1-2H3. The number of ether oxygens (including phenoxy) is 1. The molecule has 0 fully saturated rings. The molecule has 3 nitrogen and oxygen atoms in total. The first-order valence-electron chi connectivity index (χ1n) is 6.45. The minimum atomic E-state index is -0.260. The number of halogens is 1. The van der Waals surface area contributed by atoms with E-state index in [1.54, 1.807) is 6.07 Å². The molecule has 0 radical (unpaired) electrons. The molecule has 0 aliphatic carbocycles. The predicted octanol–water partition coefficient (Wildman–Crippen LogP) is 2.65. The Balaban J connectivity index is 2.75. The smallest absolute Gasteiger partial charge is 0.124 e. The largest absolute Gasteiger partial charge is 0.493 e. The maximum absolute atomic E-state index is 13.3. The average molecular weight is 255 g/mol. The summed E-state index contributed by atoms with van der Waals surface area (Å²) in [5.41, 5.74) is 0.821. The molecule has 102 valence electrons. The van der Waals surface area contributed by atoms with Crippen molar-refractivity contribution in [2.45, 2.75) is 32.7 Å². The van der Waals surface area contributed by atoms with E-state index in [9.17, 15) is 4.39 Å². The first-order chi connectivity index (χ1) is 8.69. The monoisotopic (exact) mass is 255 g/mol. The molecule has 1 unspecified atom stereocenters. The third-order valence-corrected chi connectivity index (χ3v) is 2.70. The molecular formula is C14H22FNO2. The molecule has 1 aromatic carbocycles. The van der Waals surface area contributed by atoms with Crippen molar-refractivity contribution < 1.29 is 14.2 Å². The van der Waals surface area contributed by atoms with E-state index in [1.165, 1.54) is 12.1 Å². The summed E-state index contributed by atoms with van der Waals surface area (Å²) in [6.45, 7) is 5.50. The van der Waals surface area contributed by atoms with Crippen molar-refractivity contribution in [3.05, 3.63) is 29.6 Å². The van der Waals surface area contributed by atoms with E-state index in [0.717, 1.165) is 18.5 Å². The number of aliphatic hydroxyl groups is 1. The highest BCUT2D eigenvalue weighted by atomic mass is 19.1. The Kier molecular flexibility index (Phi) is 6.68. The number of nitrogens with one attached hydrogen (secondary N) is 1. The van der Waals surface area contributed by atoms with E-state index in [0.29, 0.717) is 18.8 Å². The average Bonchev–Trinajstić information content (AvgIpc) is 2.38. The molecule has 1 atom stereocenters. The summed E-state index contributed by atoms with van der Waals surface area (Å²) in [6, 6.07) is 4.59. The SMILES string of the molecule is CCCNC(C)c1cc(F)ccc1OCCCO. The van der Waals surface area contributed by atoms with Gasteiger partial charge < -0.3 is 15.2 Å². The van der Waals surface area contributed by atoms with Gasteiger partial charge in [0.1, 0.15) is 11.6 Å². The zero-order valence-electron chi connectivity index (χ0n) is 11.1. The van der Waals surface area contributed by atoms with Crippen molar-refractivity contribution in [3.63, 3.8) is 0 Å². The van der Waals surface area contributed by atoms with Crippen LogP contribution < -0.4 is 10.1 Å². The van der Waals surface area contributed by atoms with Gasteiger partial charge in [0, 0.05) is 24.6 Å². The van der Waals surface area contributed by atoms with Gasteiger partial charge >= 0.3 is 0 Å². The van der Waals surface area contributed by atoms with Crippen LogP contribution in [0.5, 0.6) is 5.75 Å². The Bertz CT molecular complexity index is 358. The zero-order valence-corrected chi connectivity index (χ0v) is 11.1. The van der Waals surface area contributed by atoms with Gasteiger partial charge in [-0.15, -0.1) is 0 Å². The van der Waals surface area contributed by atoms with Crippen LogP contribution in [0.4, 0.5) is 4.39 Å². The molecule has 0 bridgehead atoms. The zero-order chi connectivity index (χ0) is 13.4. The van der Waals surface area contributed by atoms with E-state index in [4.69, 9.17) is 9.84 Å². The number of hydrogen-bond donors (Lipinski definition) is 2. The van der Waals surface area contributed by atoms with E-state index < -0.39 is 0 Å². The molecular weight excluding hydrogens is 233 g/mol. The predicted molar refractivity (Wildman–Crippen MR) is 70.3 cm³/mol. The summed E-state index contributed by atoms with van der Waals surface area (Å²) in [5.74, 6) is 0.422. The van der Waals surface area contributed by atoms with Crippen molar-refractivity contribution >= 4 is 0 Å². The lowest BCUT2D eigenvalue weighted by Crippen LogP contribution is -2.20. The molecule has 4 heteroatoms. The van der Waals surface area contributed by atoms with Gasteiger partial charge in [0.05, 0.1) is 6.61 Å². The molecule has 2 N–H and O–H groups in total. The Labute approximate surface area is 108 Å². The van der Waals surface area contributed by atoms with E-state index >= 15 is 0 Å². The fourth-order valence-electron chi connectivity index (χ4n) is 1.71. The Morgan fingerprint density at radius 1 is 1.44 bits per heavy atom. The molecule has 0 heterocycles. The van der Waals surface area contributed by atoms with Gasteiger partial charge in [-0.2, -0.15) is 0 Å². The number of rotatable bonds is 8. The van der Waals surface area contributed by atoms with Crippen molar-refractivity contribution in [3.8, 4) is 5.75 Å². The van der Waals surface area contributed by atoms with Gasteiger partial charge in [0.2, 0.25) is 0 Å². The van der Waals surface area contributed by atoms with E-state index in [-0.39, 0.29) is 18.5 Å². The van der Waals surface area contributed by atoms with Gasteiger partial charge in [-0.05, 0) is 38.1 Å². The topological polar surface area (TPSA) is 41.5 Å². The van der Waals surface area contributed by atoms with E-state index in [2.05, 4.69) is 12.2 Å². The molecule has 0 saturated carbocycles. The van der Waals surface area contributed by atoms with Crippen LogP contribution in [0, 0.1) is 5.82 Å². The third-order valence-electron chi connectivity index (χ3n) is 2.70. The summed E-state index contributed by atoms with van der Waals surface area (Å²) < 4.78 is 18.9. The minimum Gasteiger partial charge on any atom is -0.493 e. The Morgan fingerprint density at radius 2 is 2.22 bits per heavy atom. The van der Waals surface area contributed by atoms with Crippen molar-refractivity contribution in [2.75, 3.05) is 19.8 Å². The molecule has 0 aliphatic rings. The lowest BCUT2D eigenvalue weighted by atomic mass is 10.1. The van der Waals surface area contributed by atoms with Gasteiger partial charge in [-0.3, -0.25) is 0 Å². The van der Waals surface area contributed by atoms with Crippen LogP contribution in [0.1, 0.15) is 38.3 Å². The Morgan fingerprint density at radius 3 is 2.89 bits per heavy atom. The second-order valence-corrected chi connectivity index (χ2v) is 4.28. The highest BCUT2D eigenvalue weighted by Gasteiger charge is 2.12. The second-order valence-electron chi connectivity index (χ2n) is 4.28.